The van der Waals surface area contributed by atoms with Crippen LogP contribution < -0.4 is 4.74 Å². The minimum Gasteiger partial charge on any atom is -0.496 e. The number of carbonyl (C=O) groups is 1. The van der Waals surface area contributed by atoms with Crippen molar-refractivity contribution >= 4 is 17.5 Å². The van der Waals surface area contributed by atoms with Crippen molar-refractivity contribution in [3.63, 3.8) is 0 Å². The van der Waals surface area contributed by atoms with E-state index in [1.807, 2.05) is 25.3 Å². The zero-order valence-corrected chi connectivity index (χ0v) is 9.70. The Labute approximate surface area is 88.7 Å². The van der Waals surface area contributed by atoms with Gasteiger partial charge in [-0.15, -0.1) is 11.8 Å². The predicted octanol–water partition coefficient (Wildman–Crippen LogP) is 2.93. The van der Waals surface area contributed by atoms with Crippen molar-refractivity contribution in [2.75, 3.05) is 13.4 Å². The minimum atomic E-state index is 0.0508. The van der Waals surface area contributed by atoms with Gasteiger partial charge in [0.1, 0.15) is 5.75 Å². The molecule has 0 fully saturated rings. The summed E-state index contributed by atoms with van der Waals surface area (Å²) < 4.78 is 5.25. The van der Waals surface area contributed by atoms with E-state index in [0.29, 0.717) is 11.3 Å². The second-order valence-electron chi connectivity index (χ2n) is 3.05. The zero-order valence-electron chi connectivity index (χ0n) is 8.88. The normalized spacial score (nSPS) is 10.0. The first-order valence-corrected chi connectivity index (χ1v) is 5.56. The molecule has 2 nitrogen and oxygen atoms in total. The van der Waals surface area contributed by atoms with Crippen LogP contribution in [0.2, 0.25) is 0 Å². The van der Waals surface area contributed by atoms with Gasteiger partial charge in [-0.1, -0.05) is 6.07 Å². The molecule has 14 heavy (non-hydrogen) atoms. The number of rotatable bonds is 3. The smallest absolute Gasteiger partial charge is 0.164 e. The monoisotopic (exact) mass is 210 g/mol. The number of hydrogen-bond acceptors (Lipinski definition) is 3. The largest absolute Gasteiger partial charge is 0.496 e. The van der Waals surface area contributed by atoms with Crippen LogP contribution in [0.15, 0.2) is 17.0 Å². The van der Waals surface area contributed by atoms with Gasteiger partial charge in [-0.2, -0.15) is 0 Å². The molecular formula is C11H14O2S. The van der Waals surface area contributed by atoms with E-state index in [1.165, 1.54) is 0 Å². The van der Waals surface area contributed by atoms with E-state index in [2.05, 4.69) is 0 Å². The Morgan fingerprint density at radius 2 is 2.07 bits per heavy atom. The van der Waals surface area contributed by atoms with E-state index in [-0.39, 0.29) is 5.78 Å². The molecule has 1 rings (SSSR count). The number of carbonyl (C=O) groups excluding carboxylic acids is 1. The average molecular weight is 210 g/mol. The van der Waals surface area contributed by atoms with Gasteiger partial charge in [-0.3, -0.25) is 4.79 Å². The predicted molar refractivity (Wildman–Crippen MR) is 59.5 cm³/mol. The number of hydrogen-bond donors (Lipinski definition) is 0. The maximum Gasteiger partial charge on any atom is 0.164 e. The molecule has 0 aromatic heterocycles. The first kappa shape index (κ1) is 11.1. The van der Waals surface area contributed by atoms with Crippen LogP contribution in [-0.2, 0) is 0 Å². The Kier molecular flexibility index (Phi) is 3.58. The van der Waals surface area contributed by atoms with Crippen LogP contribution in [0.4, 0.5) is 0 Å². The molecule has 0 spiro atoms. The SMILES string of the molecule is COc1c(C)ccc(SC)c1C(C)=O. The van der Waals surface area contributed by atoms with Gasteiger partial charge in [-0.05, 0) is 31.7 Å². The summed E-state index contributed by atoms with van der Waals surface area (Å²) in [5.74, 6) is 0.749. The van der Waals surface area contributed by atoms with Crippen LogP contribution in [0.3, 0.4) is 0 Å². The lowest BCUT2D eigenvalue weighted by Gasteiger charge is -2.12. The lowest BCUT2D eigenvalue weighted by atomic mass is 10.1. The lowest BCUT2D eigenvalue weighted by molar-refractivity contribution is 0.101. The molecule has 1 aromatic rings. The Morgan fingerprint density at radius 1 is 1.43 bits per heavy atom. The quantitative estimate of drug-likeness (QED) is 0.567. The zero-order chi connectivity index (χ0) is 10.7. The van der Waals surface area contributed by atoms with Crippen molar-refractivity contribution in [1.82, 2.24) is 0 Å². The van der Waals surface area contributed by atoms with Gasteiger partial charge in [0.05, 0.1) is 12.7 Å². The molecular weight excluding hydrogens is 196 g/mol. The van der Waals surface area contributed by atoms with Crippen molar-refractivity contribution in [3.05, 3.63) is 23.3 Å². The van der Waals surface area contributed by atoms with Gasteiger partial charge in [-0.25, -0.2) is 0 Å². The summed E-state index contributed by atoms with van der Waals surface area (Å²) in [6, 6.07) is 3.93. The van der Waals surface area contributed by atoms with E-state index in [9.17, 15) is 4.79 Å². The van der Waals surface area contributed by atoms with Crippen LogP contribution in [0, 0.1) is 6.92 Å². The highest BCUT2D eigenvalue weighted by Gasteiger charge is 2.15. The summed E-state index contributed by atoms with van der Waals surface area (Å²) >= 11 is 1.56. The Hall–Kier alpha value is -0.960. The topological polar surface area (TPSA) is 26.3 Å². The molecule has 0 aliphatic carbocycles. The van der Waals surface area contributed by atoms with Crippen molar-refractivity contribution < 1.29 is 9.53 Å². The highest BCUT2D eigenvalue weighted by atomic mass is 32.2. The molecule has 76 valence electrons. The number of thioether (sulfide) groups is 1. The third kappa shape index (κ3) is 1.93. The average Bonchev–Trinajstić information content (AvgIpc) is 2.17. The van der Waals surface area contributed by atoms with E-state index < -0.39 is 0 Å². The fourth-order valence-corrected chi connectivity index (χ4v) is 2.08. The van der Waals surface area contributed by atoms with Crippen molar-refractivity contribution in [2.24, 2.45) is 0 Å². The Morgan fingerprint density at radius 3 is 2.50 bits per heavy atom. The van der Waals surface area contributed by atoms with Gasteiger partial charge < -0.3 is 4.74 Å². The fourth-order valence-electron chi connectivity index (χ4n) is 1.44. The van der Waals surface area contributed by atoms with Crippen LogP contribution in [0.1, 0.15) is 22.8 Å². The number of aryl methyl sites for hydroxylation is 1. The summed E-state index contributed by atoms with van der Waals surface area (Å²) in [5.41, 5.74) is 1.69. The first-order chi connectivity index (χ1) is 6.61. The second kappa shape index (κ2) is 4.51. The highest BCUT2D eigenvalue weighted by molar-refractivity contribution is 7.98. The van der Waals surface area contributed by atoms with Gasteiger partial charge in [0.15, 0.2) is 5.78 Å². The molecule has 0 atom stereocenters. The van der Waals surface area contributed by atoms with Crippen molar-refractivity contribution in [3.8, 4) is 5.75 Å². The summed E-state index contributed by atoms with van der Waals surface area (Å²) in [4.78, 5) is 12.4. The standard InChI is InChI=1S/C11H14O2S/c1-7-5-6-9(14-4)10(8(2)12)11(7)13-3/h5-6H,1-4H3. The van der Waals surface area contributed by atoms with Crippen LogP contribution in [0.5, 0.6) is 5.75 Å². The fraction of sp³-hybridized carbons (Fsp3) is 0.364. The molecule has 0 saturated carbocycles. The number of ether oxygens (including phenoxy) is 1. The van der Waals surface area contributed by atoms with E-state index in [0.717, 1.165) is 10.5 Å². The molecule has 0 N–H and O–H groups in total. The molecule has 1 aromatic carbocycles. The molecule has 0 saturated heterocycles. The number of ketones is 1. The maximum atomic E-state index is 11.5. The number of methoxy groups -OCH3 is 1. The molecule has 0 unspecified atom stereocenters. The third-order valence-electron chi connectivity index (χ3n) is 2.09. The van der Waals surface area contributed by atoms with Crippen LogP contribution in [0.25, 0.3) is 0 Å². The van der Waals surface area contributed by atoms with Gasteiger partial charge in [0, 0.05) is 4.90 Å². The third-order valence-corrected chi connectivity index (χ3v) is 2.87. The van der Waals surface area contributed by atoms with E-state index >= 15 is 0 Å². The highest BCUT2D eigenvalue weighted by Crippen LogP contribution is 2.32. The molecule has 0 amide bonds. The van der Waals surface area contributed by atoms with E-state index in [1.54, 1.807) is 25.8 Å². The van der Waals surface area contributed by atoms with Crippen LogP contribution >= 0.6 is 11.8 Å². The Bertz CT molecular complexity index is 359. The van der Waals surface area contributed by atoms with Gasteiger partial charge in [0.2, 0.25) is 0 Å². The van der Waals surface area contributed by atoms with Crippen LogP contribution in [-0.4, -0.2) is 19.1 Å². The second-order valence-corrected chi connectivity index (χ2v) is 3.90. The number of Topliss-reactive ketones (excluding diaryl/α,β-unsaturated/α-hetero) is 1. The minimum absolute atomic E-state index is 0.0508. The first-order valence-electron chi connectivity index (χ1n) is 4.34. The lowest BCUT2D eigenvalue weighted by Crippen LogP contribution is -2.01. The number of benzene rings is 1. The summed E-state index contributed by atoms with van der Waals surface area (Å²) in [7, 11) is 1.60. The summed E-state index contributed by atoms with van der Waals surface area (Å²) in [6.07, 6.45) is 1.95. The molecule has 0 radical (unpaired) electrons. The molecule has 0 aliphatic heterocycles. The van der Waals surface area contributed by atoms with Gasteiger partial charge in [0.25, 0.3) is 0 Å². The van der Waals surface area contributed by atoms with Crippen molar-refractivity contribution in [1.29, 1.82) is 0 Å². The molecule has 0 bridgehead atoms. The summed E-state index contributed by atoms with van der Waals surface area (Å²) in [6.45, 7) is 3.51. The molecule has 0 aliphatic rings. The van der Waals surface area contributed by atoms with Gasteiger partial charge >= 0.3 is 0 Å². The van der Waals surface area contributed by atoms with E-state index in [4.69, 9.17) is 4.74 Å². The maximum absolute atomic E-state index is 11.5. The summed E-state index contributed by atoms with van der Waals surface area (Å²) in [5, 5.41) is 0. The molecule has 0 heterocycles. The molecule has 3 heteroatoms. The van der Waals surface area contributed by atoms with Crippen molar-refractivity contribution in [2.45, 2.75) is 18.7 Å². The Balaban J connectivity index is 3.43.